The Hall–Kier alpha value is -2.90. The summed E-state index contributed by atoms with van der Waals surface area (Å²) < 4.78 is 11.3. The molecule has 1 aliphatic rings. The van der Waals surface area contributed by atoms with E-state index in [1.807, 2.05) is 32.9 Å². The van der Waals surface area contributed by atoms with Crippen LogP contribution in [0.25, 0.3) is 6.08 Å². The van der Waals surface area contributed by atoms with E-state index in [0.717, 1.165) is 12.0 Å². The van der Waals surface area contributed by atoms with Gasteiger partial charge in [-0.3, -0.25) is 19.8 Å². The van der Waals surface area contributed by atoms with E-state index < -0.39 is 11.8 Å². The smallest absolute Gasteiger partial charge is 0.270 e. The summed E-state index contributed by atoms with van der Waals surface area (Å²) in [4.78, 5) is 27.0. The van der Waals surface area contributed by atoms with E-state index in [-0.39, 0.29) is 16.8 Å². The van der Waals surface area contributed by atoms with Gasteiger partial charge in [0.1, 0.15) is 5.57 Å². The van der Waals surface area contributed by atoms with Gasteiger partial charge in [-0.2, -0.15) is 0 Å². The summed E-state index contributed by atoms with van der Waals surface area (Å²) >= 11 is 11.6. The maximum atomic E-state index is 13.1. The summed E-state index contributed by atoms with van der Waals surface area (Å²) in [6.07, 6.45) is 2.21. The summed E-state index contributed by atoms with van der Waals surface area (Å²) in [6.45, 7) is 5.87. The second-order valence-corrected chi connectivity index (χ2v) is 7.96. The summed E-state index contributed by atoms with van der Waals surface area (Å²) in [5.41, 5.74) is 2.07. The molecule has 1 aliphatic heterocycles. The lowest BCUT2D eigenvalue weighted by atomic mass is 10.1. The van der Waals surface area contributed by atoms with Crippen LogP contribution >= 0.6 is 23.8 Å². The van der Waals surface area contributed by atoms with Crippen LogP contribution in [-0.4, -0.2) is 30.1 Å². The first kappa shape index (κ1) is 22.8. The van der Waals surface area contributed by atoms with Crippen molar-refractivity contribution in [3.05, 3.63) is 58.1 Å². The zero-order valence-corrected chi connectivity index (χ0v) is 19.3. The van der Waals surface area contributed by atoms with Crippen LogP contribution in [0.2, 0.25) is 5.02 Å². The molecule has 162 valence electrons. The Morgan fingerprint density at radius 3 is 2.52 bits per heavy atom. The summed E-state index contributed by atoms with van der Waals surface area (Å²) in [5, 5.41) is 2.92. The molecule has 31 heavy (non-hydrogen) atoms. The van der Waals surface area contributed by atoms with Gasteiger partial charge in [-0.1, -0.05) is 36.2 Å². The second kappa shape index (κ2) is 9.49. The van der Waals surface area contributed by atoms with Gasteiger partial charge in [0.2, 0.25) is 0 Å². The van der Waals surface area contributed by atoms with Crippen molar-refractivity contribution in [1.29, 1.82) is 0 Å². The summed E-state index contributed by atoms with van der Waals surface area (Å²) in [5.74, 6) is -0.266. The van der Waals surface area contributed by atoms with Crippen LogP contribution in [0.5, 0.6) is 11.5 Å². The van der Waals surface area contributed by atoms with E-state index in [9.17, 15) is 9.59 Å². The number of aryl methyl sites for hydroxylation is 1. The predicted molar refractivity (Wildman–Crippen MR) is 126 cm³/mol. The number of thiocarbonyl (C=S) groups is 1. The van der Waals surface area contributed by atoms with Crippen LogP contribution in [0.3, 0.4) is 0 Å². The first-order chi connectivity index (χ1) is 14.7. The van der Waals surface area contributed by atoms with Crippen LogP contribution in [-0.2, 0) is 9.59 Å². The summed E-state index contributed by atoms with van der Waals surface area (Å²) in [6, 6.07) is 10.6. The SMILES string of the molecule is CCC(C)Oc1c(Cl)cc(/C=C2\C(=O)NC(=S)N(c3ccc(C)cc3)C2=O)cc1OC. The molecule has 0 bridgehead atoms. The molecule has 1 fully saturated rings. The zero-order valence-electron chi connectivity index (χ0n) is 17.7. The van der Waals surface area contributed by atoms with Crippen molar-refractivity contribution in [2.75, 3.05) is 12.0 Å². The minimum Gasteiger partial charge on any atom is -0.493 e. The molecule has 2 aromatic rings. The molecule has 0 spiro atoms. The molecule has 1 heterocycles. The number of nitrogens with one attached hydrogen (secondary N) is 1. The van der Waals surface area contributed by atoms with Gasteiger partial charge in [0, 0.05) is 0 Å². The molecule has 2 amide bonds. The molecule has 1 unspecified atom stereocenters. The van der Waals surface area contributed by atoms with Crippen molar-refractivity contribution in [1.82, 2.24) is 5.32 Å². The highest BCUT2D eigenvalue weighted by molar-refractivity contribution is 7.80. The largest absolute Gasteiger partial charge is 0.493 e. The first-order valence-electron chi connectivity index (χ1n) is 9.77. The Bertz CT molecular complexity index is 1070. The molecular formula is C23H23ClN2O4S. The summed E-state index contributed by atoms with van der Waals surface area (Å²) in [7, 11) is 1.50. The van der Waals surface area contributed by atoms with E-state index in [0.29, 0.717) is 27.8 Å². The molecule has 0 aliphatic carbocycles. The van der Waals surface area contributed by atoms with Crippen LogP contribution in [0.4, 0.5) is 5.69 Å². The highest BCUT2D eigenvalue weighted by atomic mass is 35.5. The normalized spacial score (nSPS) is 16.4. The molecule has 6 nitrogen and oxygen atoms in total. The number of halogens is 1. The second-order valence-electron chi connectivity index (χ2n) is 7.16. The van der Waals surface area contributed by atoms with Gasteiger partial charge in [-0.25, -0.2) is 0 Å². The number of nitrogens with zero attached hydrogens (tertiary/aromatic N) is 1. The zero-order chi connectivity index (χ0) is 22.7. The Kier molecular flexibility index (Phi) is 6.97. The highest BCUT2D eigenvalue weighted by Crippen LogP contribution is 2.38. The minimum absolute atomic E-state index is 0.0314. The molecule has 0 aromatic heterocycles. The number of hydrogen-bond donors (Lipinski definition) is 1. The number of carbonyl (C=O) groups is 2. The van der Waals surface area contributed by atoms with Crippen LogP contribution in [0.1, 0.15) is 31.4 Å². The Balaban J connectivity index is 2.00. The van der Waals surface area contributed by atoms with Crippen molar-refractivity contribution < 1.29 is 19.1 Å². The molecule has 3 rings (SSSR count). The molecule has 0 radical (unpaired) electrons. The number of ether oxygens (including phenoxy) is 2. The average molecular weight is 459 g/mol. The number of benzene rings is 2. The number of amides is 2. The third-order valence-electron chi connectivity index (χ3n) is 4.85. The molecule has 2 aromatic carbocycles. The Labute approximate surface area is 191 Å². The fraction of sp³-hybridized carbons (Fsp3) is 0.261. The molecule has 1 atom stereocenters. The number of carbonyl (C=O) groups excluding carboxylic acids is 2. The Morgan fingerprint density at radius 1 is 1.23 bits per heavy atom. The number of methoxy groups -OCH3 is 1. The van der Waals surface area contributed by atoms with E-state index >= 15 is 0 Å². The van der Waals surface area contributed by atoms with Crippen LogP contribution < -0.4 is 19.7 Å². The molecule has 0 saturated carbocycles. The molecular weight excluding hydrogens is 436 g/mol. The van der Waals surface area contributed by atoms with Gasteiger partial charge in [0.25, 0.3) is 11.8 Å². The molecule has 8 heteroatoms. The quantitative estimate of drug-likeness (QED) is 0.387. The lowest BCUT2D eigenvalue weighted by Gasteiger charge is -2.29. The molecule has 1 saturated heterocycles. The van der Waals surface area contributed by atoms with Gasteiger partial charge in [-0.05, 0) is 68.4 Å². The highest BCUT2D eigenvalue weighted by Gasteiger charge is 2.34. The number of anilines is 1. The number of hydrogen-bond acceptors (Lipinski definition) is 5. The van der Waals surface area contributed by atoms with E-state index in [2.05, 4.69) is 5.32 Å². The van der Waals surface area contributed by atoms with E-state index in [4.69, 9.17) is 33.3 Å². The fourth-order valence-corrected chi connectivity index (χ4v) is 3.52. The van der Waals surface area contributed by atoms with Crippen molar-refractivity contribution >= 4 is 52.5 Å². The topological polar surface area (TPSA) is 67.9 Å². The standard InChI is InChI=1S/C23H23ClN2O4S/c1-5-14(3)30-20-18(24)11-15(12-19(20)29-4)10-17-21(27)25-23(31)26(22(17)28)16-8-6-13(2)7-9-16/h6-12,14H,5H2,1-4H3,(H,25,27,31)/b17-10+. The predicted octanol–water partition coefficient (Wildman–Crippen LogP) is 4.67. The number of rotatable bonds is 6. The third kappa shape index (κ3) is 4.89. The monoisotopic (exact) mass is 458 g/mol. The van der Waals surface area contributed by atoms with E-state index in [1.54, 1.807) is 24.3 Å². The maximum absolute atomic E-state index is 13.1. The lowest BCUT2D eigenvalue weighted by molar-refractivity contribution is -0.122. The van der Waals surface area contributed by atoms with Crippen LogP contribution in [0.15, 0.2) is 42.0 Å². The van der Waals surface area contributed by atoms with Crippen molar-refractivity contribution in [3.8, 4) is 11.5 Å². The van der Waals surface area contributed by atoms with Gasteiger partial charge in [-0.15, -0.1) is 0 Å². The fourth-order valence-electron chi connectivity index (χ4n) is 2.97. The van der Waals surface area contributed by atoms with Crippen molar-refractivity contribution in [2.45, 2.75) is 33.3 Å². The van der Waals surface area contributed by atoms with Gasteiger partial charge < -0.3 is 9.47 Å². The van der Waals surface area contributed by atoms with Gasteiger partial charge in [0.05, 0.1) is 23.9 Å². The minimum atomic E-state index is -0.576. The van der Waals surface area contributed by atoms with Crippen LogP contribution in [0, 0.1) is 6.92 Å². The van der Waals surface area contributed by atoms with Crippen molar-refractivity contribution in [3.63, 3.8) is 0 Å². The Morgan fingerprint density at radius 2 is 1.90 bits per heavy atom. The molecule has 1 N–H and O–H groups in total. The third-order valence-corrected chi connectivity index (χ3v) is 5.42. The first-order valence-corrected chi connectivity index (χ1v) is 10.6. The van der Waals surface area contributed by atoms with E-state index in [1.165, 1.54) is 18.1 Å². The maximum Gasteiger partial charge on any atom is 0.270 e. The van der Waals surface area contributed by atoms with Gasteiger partial charge in [0.15, 0.2) is 16.6 Å². The van der Waals surface area contributed by atoms with Crippen molar-refractivity contribution in [2.24, 2.45) is 0 Å². The van der Waals surface area contributed by atoms with Gasteiger partial charge >= 0.3 is 0 Å². The lowest BCUT2D eigenvalue weighted by Crippen LogP contribution is -2.54. The average Bonchev–Trinajstić information content (AvgIpc) is 2.73.